The Labute approximate surface area is 201 Å². The van der Waals surface area contributed by atoms with Crippen LogP contribution in [0.4, 0.5) is 0 Å². The van der Waals surface area contributed by atoms with Gasteiger partial charge in [-0.2, -0.15) is 11.8 Å². The first kappa shape index (κ1) is 31.1. The molecular weight excluding hydrogens is 472 g/mol. The highest BCUT2D eigenvalue weighted by molar-refractivity contribution is 7.98. The number of amides is 4. The number of carboxylic acid groups (broad SMARTS) is 2. The standard InChI is InChI=1S/C19H34N6O8S/c1-34-7-5-11(23-16(29)10(21)4-2-3-6-20)17(30)24-12(8-14(22)26)18(31)25-13(19(32)33)9-15(27)28/h10-13H,2-9,20-21H2,1H3,(H2,22,26)(H,23,29)(H,24,30)(H,25,31)(H,27,28)(H,32,33). The lowest BCUT2D eigenvalue weighted by Gasteiger charge is -2.24. The van der Waals surface area contributed by atoms with Crippen molar-refractivity contribution in [1.29, 1.82) is 0 Å². The van der Waals surface area contributed by atoms with Crippen LogP contribution in [-0.2, 0) is 28.8 Å². The van der Waals surface area contributed by atoms with Gasteiger partial charge in [0.15, 0.2) is 0 Å². The van der Waals surface area contributed by atoms with Gasteiger partial charge in [-0.3, -0.25) is 24.0 Å². The number of carbonyl (C=O) groups is 6. The summed E-state index contributed by atoms with van der Waals surface area (Å²) in [5, 5.41) is 24.7. The molecule has 0 heterocycles. The smallest absolute Gasteiger partial charge is 0.326 e. The summed E-state index contributed by atoms with van der Waals surface area (Å²) in [6, 6.07) is -5.37. The van der Waals surface area contributed by atoms with Gasteiger partial charge in [-0.25, -0.2) is 4.79 Å². The summed E-state index contributed by atoms with van der Waals surface area (Å²) >= 11 is 1.40. The Balaban J connectivity index is 5.42. The van der Waals surface area contributed by atoms with Crippen LogP contribution in [0.2, 0.25) is 0 Å². The number of primary amides is 1. The van der Waals surface area contributed by atoms with Gasteiger partial charge in [0.2, 0.25) is 23.6 Å². The summed E-state index contributed by atoms with van der Waals surface area (Å²) in [7, 11) is 0. The molecule has 0 aliphatic heterocycles. The van der Waals surface area contributed by atoms with E-state index in [0.717, 1.165) is 0 Å². The van der Waals surface area contributed by atoms with Gasteiger partial charge in [-0.1, -0.05) is 6.42 Å². The van der Waals surface area contributed by atoms with Crippen molar-refractivity contribution < 1.29 is 39.0 Å². The molecule has 11 N–H and O–H groups in total. The van der Waals surface area contributed by atoms with Gasteiger partial charge >= 0.3 is 11.9 Å². The molecule has 0 aromatic carbocycles. The topological polar surface area (TPSA) is 257 Å². The van der Waals surface area contributed by atoms with E-state index in [-0.39, 0.29) is 6.42 Å². The molecule has 4 amide bonds. The number of carboxylic acids is 2. The fraction of sp³-hybridized carbons (Fsp3) is 0.684. The molecular formula is C19H34N6O8S. The zero-order valence-electron chi connectivity index (χ0n) is 19.0. The van der Waals surface area contributed by atoms with Crippen LogP contribution >= 0.6 is 11.8 Å². The average Bonchev–Trinajstić information content (AvgIpc) is 2.74. The van der Waals surface area contributed by atoms with Crippen LogP contribution in [0.5, 0.6) is 0 Å². The minimum absolute atomic E-state index is 0.177. The third-order valence-corrected chi connectivity index (χ3v) is 5.23. The van der Waals surface area contributed by atoms with Crippen molar-refractivity contribution in [3.63, 3.8) is 0 Å². The number of unbranched alkanes of at least 4 members (excludes halogenated alkanes) is 1. The van der Waals surface area contributed by atoms with E-state index in [1.54, 1.807) is 6.26 Å². The largest absolute Gasteiger partial charge is 0.481 e. The Kier molecular flexibility index (Phi) is 15.2. The van der Waals surface area contributed by atoms with Gasteiger partial charge in [0.25, 0.3) is 0 Å². The number of thioether (sulfide) groups is 1. The molecule has 4 unspecified atom stereocenters. The Morgan fingerprint density at radius 3 is 1.88 bits per heavy atom. The highest BCUT2D eigenvalue weighted by atomic mass is 32.2. The van der Waals surface area contributed by atoms with Crippen LogP contribution in [0, 0.1) is 0 Å². The highest BCUT2D eigenvalue weighted by Crippen LogP contribution is 2.05. The molecule has 0 radical (unpaired) electrons. The summed E-state index contributed by atoms with van der Waals surface area (Å²) in [6.45, 7) is 0.450. The molecule has 34 heavy (non-hydrogen) atoms. The second-order valence-corrected chi connectivity index (χ2v) is 8.45. The summed E-state index contributed by atoms with van der Waals surface area (Å²) in [4.78, 5) is 71.2. The minimum atomic E-state index is -1.80. The van der Waals surface area contributed by atoms with E-state index >= 15 is 0 Å². The van der Waals surface area contributed by atoms with E-state index in [1.807, 2.05) is 5.32 Å². The third-order valence-electron chi connectivity index (χ3n) is 4.58. The van der Waals surface area contributed by atoms with E-state index in [9.17, 15) is 28.8 Å². The molecule has 4 atom stereocenters. The van der Waals surface area contributed by atoms with Gasteiger partial charge in [0.05, 0.1) is 18.9 Å². The molecule has 0 saturated heterocycles. The predicted octanol–water partition coefficient (Wildman–Crippen LogP) is -2.92. The maximum Gasteiger partial charge on any atom is 0.326 e. The molecule has 14 nitrogen and oxygen atoms in total. The first-order valence-electron chi connectivity index (χ1n) is 10.5. The van der Waals surface area contributed by atoms with E-state index in [2.05, 4.69) is 10.6 Å². The number of nitrogens with two attached hydrogens (primary N) is 3. The average molecular weight is 507 g/mol. The summed E-state index contributed by atoms with van der Waals surface area (Å²) in [6.07, 6.45) is 2.01. The van der Waals surface area contributed by atoms with Crippen molar-refractivity contribution in [3.05, 3.63) is 0 Å². The van der Waals surface area contributed by atoms with Gasteiger partial charge in [0.1, 0.15) is 18.1 Å². The molecule has 0 saturated carbocycles. The Bertz CT molecular complexity index is 738. The van der Waals surface area contributed by atoms with Crippen molar-refractivity contribution >= 4 is 47.3 Å². The maximum atomic E-state index is 12.8. The van der Waals surface area contributed by atoms with Crippen LogP contribution in [0.1, 0.15) is 38.5 Å². The Morgan fingerprint density at radius 2 is 1.38 bits per heavy atom. The first-order chi connectivity index (χ1) is 15.9. The summed E-state index contributed by atoms with van der Waals surface area (Å²) in [5.74, 6) is -6.12. The van der Waals surface area contributed by atoms with Gasteiger partial charge < -0.3 is 43.4 Å². The van der Waals surface area contributed by atoms with Gasteiger partial charge in [0, 0.05) is 0 Å². The van der Waals surface area contributed by atoms with E-state index in [4.69, 9.17) is 27.4 Å². The van der Waals surface area contributed by atoms with Crippen LogP contribution in [0.25, 0.3) is 0 Å². The van der Waals surface area contributed by atoms with E-state index < -0.39 is 72.6 Å². The number of rotatable bonds is 18. The Hall–Kier alpha value is -2.91. The van der Waals surface area contributed by atoms with Crippen LogP contribution in [0.3, 0.4) is 0 Å². The molecule has 0 aliphatic carbocycles. The van der Waals surface area contributed by atoms with E-state index in [1.165, 1.54) is 11.8 Å². The molecule has 0 aliphatic rings. The molecule has 0 bridgehead atoms. The number of nitrogens with one attached hydrogen (secondary N) is 3. The maximum absolute atomic E-state index is 12.8. The number of hydrogen-bond donors (Lipinski definition) is 8. The van der Waals surface area contributed by atoms with Crippen molar-refractivity contribution in [1.82, 2.24) is 16.0 Å². The molecule has 0 fully saturated rings. The van der Waals surface area contributed by atoms with Crippen molar-refractivity contribution in [2.45, 2.75) is 62.7 Å². The van der Waals surface area contributed by atoms with Crippen LogP contribution in [0.15, 0.2) is 0 Å². The Morgan fingerprint density at radius 1 is 0.824 bits per heavy atom. The fourth-order valence-electron chi connectivity index (χ4n) is 2.75. The number of hydrogen-bond acceptors (Lipinski definition) is 9. The van der Waals surface area contributed by atoms with Crippen LogP contribution < -0.4 is 33.2 Å². The fourth-order valence-corrected chi connectivity index (χ4v) is 3.22. The summed E-state index contributed by atoms with van der Waals surface area (Å²) < 4.78 is 0. The lowest BCUT2D eigenvalue weighted by Crippen LogP contribution is -2.58. The zero-order chi connectivity index (χ0) is 26.3. The molecule has 0 spiro atoms. The molecule has 0 aromatic rings. The molecule has 0 aromatic heterocycles. The van der Waals surface area contributed by atoms with Crippen molar-refractivity contribution in [3.8, 4) is 0 Å². The SMILES string of the molecule is CSCCC(NC(=O)C(N)CCCCN)C(=O)NC(CC(N)=O)C(=O)NC(CC(=O)O)C(=O)O. The number of carbonyl (C=O) groups excluding carboxylic acids is 4. The van der Waals surface area contributed by atoms with Crippen LogP contribution in [-0.4, -0.2) is 88.5 Å². The van der Waals surface area contributed by atoms with Gasteiger partial charge in [-0.05, 0) is 37.8 Å². The highest BCUT2D eigenvalue weighted by Gasteiger charge is 2.31. The predicted molar refractivity (Wildman–Crippen MR) is 123 cm³/mol. The lowest BCUT2D eigenvalue weighted by molar-refractivity contribution is -0.147. The molecule has 194 valence electrons. The monoisotopic (exact) mass is 506 g/mol. The second kappa shape index (κ2) is 16.7. The first-order valence-corrected chi connectivity index (χ1v) is 11.9. The molecule has 0 rings (SSSR count). The summed E-state index contributed by atoms with van der Waals surface area (Å²) in [5.41, 5.74) is 16.4. The van der Waals surface area contributed by atoms with E-state index in [0.29, 0.717) is 31.6 Å². The minimum Gasteiger partial charge on any atom is -0.481 e. The quantitative estimate of drug-likeness (QED) is 0.0873. The third kappa shape index (κ3) is 13.0. The van der Waals surface area contributed by atoms with Gasteiger partial charge in [-0.15, -0.1) is 0 Å². The van der Waals surface area contributed by atoms with Crippen molar-refractivity contribution in [2.24, 2.45) is 17.2 Å². The molecule has 15 heteroatoms. The normalized spacial score (nSPS) is 14.2. The second-order valence-electron chi connectivity index (χ2n) is 7.46. The lowest BCUT2D eigenvalue weighted by atomic mass is 10.1. The van der Waals surface area contributed by atoms with Crippen molar-refractivity contribution in [2.75, 3.05) is 18.6 Å². The number of aliphatic carboxylic acids is 2. The zero-order valence-corrected chi connectivity index (χ0v) is 19.8.